The van der Waals surface area contributed by atoms with E-state index in [0.717, 1.165) is 10.4 Å². The number of benzene rings is 2. The summed E-state index contributed by atoms with van der Waals surface area (Å²) < 4.78 is 6.75. The number of aromatic nitrogens is 2. The van der Waals surface area contributed by atoms with E-state index >= 15 is 0 Å². The minimum absolute atomic E-state index is 0.0493. The normalized spacial score (nSPS) is 10.9. The molecule has 4 aromatic rings. The minimum atomic E-state index is -0.206. The number of ether oxygens (including phenoxy) is 1. The molecule has 6 heteroatoms. The summed E-state index contributed by atoms with van der Waals surface area (Å²) in [5, 5.41) is 0.533. The zero-order valence-corrected chi connectivity index (χ0v) is 16.1. The van der Waals surface area contributed by atoms with Crippen molar-refractivity contribution >= 4 is 27.3 Å². The van der Waals surface area contributed by atoms with E-state index in [4.69, 9.17) is 4.74 Å². The van der Waals surface area contributed by atoms with E-state index in [2.05, 4.69) is 4.98 Å². The van der Waals surface area contributed by atoms with E-state index in [1.807, 2.05) is 43.3 Å². The van der Waals surface area contributed by atoms with Crippen LogP contribution in [0.3, 0.4) is 0 Å². The van der Waals surface area contributed by atoms with Crippen molar-refractivity contribution in [3.63, 3.8) is 0 Å². The Kier molecular flexibility index (Phi) is 5.04. The third kappa shape index (κ3) is 3.59. The fraction of sp³-hybridized carbons (Fsp3) is 0.136. The molecule has 0 spiro atoms. The van der Waals surface area contributed by atoms with Crippen molar-refractivity contribution in [2.45, 2.75) is 13.5 Å². The van der Waals surface area contributed by atoms with Crippen molar-refractivity contribution in [1.29, 1.82) is 0 Å². The quantitative estimate of drug-likeness (QED) is 0.458. The number of thiophene rings is 1. The molecule has 140 valence electrons. The first-order valence-electron chi connectivity index (χ1n) is 8.96. The van der Waals surface area contributed by atoms with Crippen molar-refractivity contribution in [1.82, 2.24) is 9.55 Å². The first kappa shape index (κ1) is 18.1. The van der Waals surface area contributed by atoms with Gasteiger partial charge in [0.25, 0.3) is 5.56 Å². The van der Waals surface area contributed by atoms with Crippen molar-refractivity contribution in [3.05, 3.63) is 82.9 Å². The number of Topliss-reactive ketones (excluding diaryl/α,β-unsaturated/α-hetero) is 1. The Hall–Kier alpha value is -3.25. The number of carbonyl (C=O) groups is 1. The van der Waals surface area contributed by atoms with Crippen LogP contribution in [0.4, 0.5) is 0 Å². The minimum Gasteiger partial charge on any atom is -0.494 e. The molecule has 0 aliphatic carbocycles. The Bertz CT molecular complexity index is 1180. The smallest absolute Gasteiger partial charge is 0.262 e. The van der Waals surface area contributed by atoms with E-state index in [-0.39, 0.29) is 17.9 Å². The summed E-state index contributed by atoms with van der Waals surface area (Å²) >= 11 is 1.47. The Morgan fingerprint density at radius 2 is 1.86 bits per heavy atom. The molecule has 0 fully saturated rings. The van der Waals surface area contributed by atoms with Gasteiger partial charge in [0.15, 0.2) is 5.78 Å². The van der Waals surface area contributed by atoms with Crippen LogP contribution in [0.15, 0.2) is 71.8 Å². The largest absolute Gasteiger partial charge is 0.494 e. The van der Waals surface area contributed by atoms with Gasteiger partial charge in [-0.3, -0.25) is 14.2 Å². The molecule has 0 saturated carbocycles. The van der Waals surface area contributed by atoms with Gasteiger partial charge in [-0.2, -0.15) is 0 Å². The predicted octanol–water partition coefficient (Wildman–Crippen LogP) is 4.41. The van der Waals surface area contributed by atoms with Gasteiger partial charge in [-0.25, -0.2) is 4.98 Å². The zero-order valence-electron chi connectivity index (χ0n) is 15.3. The highest BCUT2D eigenvalue weighted by molar-refractivity contribution is 7.21. The van der Waals surface area contributed by atoms with Crippen LogP contribution in [0.5, 0.6) is 5.75 Å². The van der Waals surface area contributed by atoms with E-state index in [1.165, 1.54) is 22.2 Å². The van der Waals surface area contributed by atoms with Crippen molar-refractivity contribution in [2.24, 2.45) is 0 Å². The Balaban J connectivity index is 1.61. The fourth-order valence-electron chi connectivity index (χ4n) is 2.97. The van der Waals surface area contributed by atoms with E-state index in [1.54, 1.807) is 24.3 Å². The van der Waals surface area contributed by atoms with Crippen molar-refractivity contribution in [2.75, 3.05) is 6.61 Å². The zero-order chi connectivity index (χ0) is 19.5. The van der Waals surface area contributed by atoms with Gasteiger partial charge >= 0.3 is 0 Å². The number of hydrogen-bond acceptors (Lipinski definition) is 5. The summed E-state index contributed by atoms with van der Waals surface area (Å²) in [4.78, 5) is 31.4. The maximum absolute atomic E-state index is 12.8. The summed E-state index contributed by atoms with van der Waals surface area (Å²) in [6.07, 6.45) is 1.45. The van der Waals surface area contributed by atoms with Crippen LogP contribution >= 0.6 is 11.3 Å². The third-order valence-electron chi connectivity index (χ3n) is 4.38. The first-order valence-corrected chi connectivity index (χ1v) is 9.78. The molecule has 0 amide bonds. The van der Waals surface area contributed by atoms with Gasteiger partial charge in [0.05, 0.1) is 24.9 Å². The molecular formula is C22H18N2O3S. The average molecular weight is 390 g/mol. The van der Waals surface area contributed by atoms with Crippen LogP contribution in [0.2, 0.25) is 0 Å². The molecule has 28 heavy (non-hydrogen) atoms. The number of hydrogen-bond donors (Lipinski definition) is 0. The summed E-state index contributed by atoms with van der Waals surface area (Å²) in [7, 11) is 0. The molecular weight excluding hydrogens is 372 g/mol. The predicted molar refractivity (Wildman–Crippen MR) is 111 cm³/mol. The monoisotopic (exact) mass is 390 g/mol. The summed E-state index contributed by atoms with van der Waals surface area (Å²) in [6, 6.07) is 18.7. The van der Waals surface area contributed by atoms with Crippen LogP contribution in [0.25, 0.3) is 20.7 Å². The number of rotatable bonds is 6. The molecule has 0 atom stereocenters. The average Bonchev–Trinajstić information content (AvgIpc) is 3.17. The fourth-order valence-corrected chi connectivity index (χ4v) is 3.96. The van der Waals surface area contributed by atoms with Gasteiger partial charge in [0.2, 0.25) is 0 Å². The Labute approximate surface area is 165 Å². The van der Waals surface area contributed by atoms with Crippen LogP contribution in [-0.4, -0.2) is 21.9 Å². The van der Waals surface area contributed by atoms with Crippen LogP contribution in [0.1, 0.15) is 17.3 Å². The Morgan fingerprint density at radius 1 is 1.11 bits per heavy atom. The molecule has 2 heterocycles. The second-order valence-electron chi connectivity index (χ2n) is 6.25. The number of carbonyl (C=O) groups excluding carboxylic acids is 1. The summed E-state index contributed by atoms with van der Waals surface area (Å²) in [5.74, 6) is 0.566. The maximum atomic E-state index is 12.8. The second-order valence-corrected chi connectivity index (χ2v) is 7.28. The molecule has 0 N–H and O–H groups in total. The third-order valence-corrected chi connectivity index (χ3v) is 5.47. The number of nitrogens with zero attached hydrogens (tertiary/aromatic N) is 2. The first-order chi connectivity index (χ1) is 13.7. The van der Waals surface area contributed by atoms with E-state index in [0.29, 0.717) is 28.1 Å². The molecule has 0 aliphatic heterocycles. The van der Waals surface area contributed by atoms with Crippen LogP contribution < -0.4 is 10.3 Å². The molecule has 4 rings (SSSR count). The lowest BCUT2D eigenvalue weighted by Crippen LogP contribution is -2.24. The molecule has 0 bridgehead atoms. The lowest BCUT2D eigenvalue weighted by molar-refractivity contribution is 0.0970. The van der Waals surface area contributed by atoms with Gasteiger partial charge in [0, 0.05) is 10.4 Å². The van der Waals surface area contributed by atoms with E-state index < -0.39 is 0 Å². The van der Waals surface area contributed by atoms with Gasteiger partial charge < -0.3 is 4.74 Å². The topological polar surface area (TPSA) is 61.2 Å². The molecule has 0 saturated heterocycles. The van der Waals surface area contributed by atoms with Gasteiger partial charge in [-0.1, -0.05) is 30.3 Å². The highest BCUT2D eigenvalue weighted by atomic mass is 32.1. The van der Waals surface area contributed by atoms with Gasteiger partial charge in [0.1, 0.15) is 10.6 Å². The van der Waals surface area contributed by atoms with Gasteiger partial charge in [-0.05, 0) is 42.8 Å². The lowest BCUT2D eigenvalue weighted by atomic mass is 10.1. The summed E-state index contributed by atoms with van der Waals surface area (Å²) in [5.41, 5.74) is 1.37. The van der Waals surface area contributed by atoms with Crippen LogP contribution in [-0.2, 0) is 6.54 Å². The molecule has 0 radical (unpaired) electrons. The SMILES string of the molecule is CCOc1ccc(C(=O)Cn2cnc3sc(-c4ccccc4)cc3c2=O)cc1. The Morgan fingerprint density at radius 3 is 2.57 bits per heavy atom. The lowest BCUT2D eigenvalue weighted by Gasteiger charge is -2.06. The molecule has 2 aromatic carbocycles. The number of ketones is 1. The van der Waals surface area contributed by atoms with Gasteiger partial charge in [-0.15, -0.1) is 11.3 Å². The van der Waals surface area contributed by atoms with Crippen LogP contribution in [0, 0.1) is 0 Å². The maximum Gasteiger partial charge on any atom is 0.262 e. The van der Waals surface area contributed by atoms with Crippen molar-refractivity contribution in [3.8, 4) is 16.2 Å². The highest BCUT2D eigenvalue weighted by Crippen LogP contribution is 2.30. The molecule has 0 unspecified atom stereocenters. The summed E-state index contributed by atoms with van der Waals surface area (Å²) in [6.45, 7) is 2.43. The molecule has 5 nitrogen and oxygen atoms in total. The van der Waals surface area contributed by atoms with E-state index in [9.17, 15) is 9.59 Å². The highest BCUT2D eigenvalue weighted by Gasteiger charge is 2.13. The standard InChI is InChI=1S/C22H18N2O3S/c1-2-27-17-10-8-15(9-11-17)19(25)13-24-14-23-21-18(22(24)26)12-20(28-21)16-6-4-3-5-7-16/h3-12,14H,2,13H2,1H3. The second kappa shape index (κ2) is 7.78. The molecule has 0 aliphatic rings. The number of fused-ring (bicyclic) bond motifs is 1. The van der Waals surface area contributed by atoms with Crippen molar-refractivity contribution < 1.29 is 9.53 Å². The molecule has 2 aromatic heterocycles.